The molecule has 1 heterocycles. The van der Waals surface area contributed by atoms with Crippen molar-refractivity contribution in [1.29, 1.82) is 0 Å². The van der Waals surface area contributed by atoms with Crippen LogP contribution in [0.5, 0.6) is 0 Å². The molecule has 5 nitrogen and oxygen atoms in total. The van der Waals surface area contributed by atoms with Gasteiger partial charge in [-0.15, -0.1) is 5.10 Å². The molecule has 1 aliphatic rings. The lowest BCUT2D eigenvalue weighted by molar-refractivity contribution is 0.102. The first-order valence-electron chi connectivity index (χ1n) is 7.13. The first-order valence-corrected chi connectivity index (χ1v) is 7.50. The number of carbonyl (C=O) groups is 1. The van der Waals surface area contributed by atoms with Gasteiger partial charge in [-0.05, 0) is 31.0 Å². The predicted molar refractivity (Wildman–Crippen MR) is 79.5 cm³/mol. The number of amides is 1. The molecule has 0 unspecified atom stereocenters. The maximum Gasteiger partial charge on any atom is 0.322 e. The Morgan fingerprint density at radius 3 is 2.81 bits per heavy atom. The van der Waals surface area contributed by atoms with E-state index in [4.69, 9.17) is 16.0 Å². The van der Waals surface area contributed by atoms with E-state index in [1.165, 1.54) is 19.3 Å². The smallest absolute Gasteiger partial charge is 0.322 e. The molecule has 110 valence electrons. The van der Waals surface area contributed by atoms with Crippen molar-refractivity contribution in [3.8, 4) is 0 Å². The van der Waals surface area contributed by atoms with Crippen LogP contribution in [0.15, 0.2) is 28.7 Å². The maximum absolute atomic E-state index is 12.1. The summed E-state index contributed by atoms with van der Waals surface area (Å²) in [5.74, 6) is 0.635. The number of hydrogen-bond donors (Lipinski definition) is 1. The van der Waals surface area contributed by atoms with E-state index in [1.54, 1.807) is 24.3 Å². The summed E-state index contributed by atoms with van der Waals surface area (Å²) in [4.78, 5) is 12.1. The van der Waals surface area contributed by atoms with Gasteiger partial charge in [-0.1, -0.05) is 42.0 Å². The molecule has 1 aliphatic carbocycles. The number of halogens is 1. The van der Waals surface area contributed by atoms with Gasteiger partial charge in [-0.25, -0.2) is 0 Å². The monoisotopic (exact) mass is 305 g/mol. The van der Waals surface area contributed by atoms with E-state index in [1.807, 2.05) is 0 Å². The Balaban J connectivity index is 1.68. The molecule has 1 aromatic heterocycles. The van der Waals surface area contributed by atoms with Crippen molar-refractivity contribution in [1.82, 2.24) is 10.2 Å². The van der Waals surface area contributed by atoms with E-state index in [9.17, 15) is 4.79 Å². The summed E-state index contributed by atoms with van der Waals surface area (Å²) in [5.41, 5.74) is 0.458. The third kappa shape index (κ3) is 3.42. The molecule has 0 spiro atoms. The Hall–Kier alpha value is -1.88. The van der Waals surface area contributed by atoms with E-state index >= 15 is 0 Å². The Labute approximate surface area is 127 Å². The summed E-state index contributed by atoms with van der Waals surface area (Å²) in [6.07, 6.45) is 5.80. The van der Waals surface area contributed by atoms with E-state index < -0.39 is 0 Å². The van der Waals surface area contributed by atoms with Crippen LogP contribution in [0.4, 0.5) is 6.01 Å². The molecule has 21 heavy (non-hydrogen) atoms. The number of rotatable bonds is 3. The lowest BCUT2D eigenvalue weighted by Gasteiger charge is -2.17. The van der Waals surface area contributed by atoms with Crippen LogP contribution in [0.25, 0.3) is 0 Å². The second-order valence-corrected chi connectivity index (χ2v) is 5.68. The van der Waals surface area contributed by atoms with Crippen LogP contribution in [-0.2, 0) is 0 Å². The molecule has 0 bridgehead atoms. The van der Waals surface area contributed by atoms with Gasteiger partial charge >= 0.3 is 6.01 Å². The van der Waals surface area contributed by atoms with E-state index in [0.29, 0.717) is 22.4 Å². The van der Waals surface area contributed by atoms with Gasteiger partial charge in [0.15, 0.2) is 0 Å². The van der Waals surface area contributed by atoms with Gasteiger partial charge in [0, 0.05) is 16.5 Å². The highest BCUT2D eigenvalue weighted by Crippen LogP contribution is 2.32. The number of carbonyl (C=O) groups excluding carboxylic acids is 1. The second kappa shape index (κ2) is 6.26. The molecule has 0 atom stereocenters. The third-order valence-corrected chi connectivity index (χ3v) is 3.94. The van der Waals surface area contributed by atoms with Crippen molar-refractivity contribution in [3.63, 3.8) is 0 Å². The van der Waals surface area contributed by atoms with Crippen molar-refractivity contribution in [2.45, 2.75) is 38.0 Å². The van der Waals surface area contributed by atoms with Gasteiger partial charge in [-0.3, -0.25) is 10.1 Å². The van der Waals surface area contributed by atoms with E-state index in [0.717, 1.165) is 12.8 Å². The fraction of sp³-hybridized carbons (Fsp3) is 0.400. The van der Waals surface area contributed by atoms with Crippen molar-refractivity contribution >= 4 is 23.5 Å². The molecule has 2 aromatic rings. The molecule has 6 heteroatoms. The van der Waals surface area contributed by atoms with Crippen LogP contribution >= 0.6 is 11.6 Å². The number of benzene rings is 1. The van der Waals surface area contributed by atoms with E-state index in [-0.39, 0.29) is 11.9 Å². The average molecular weight is 306 g/mol. The van der Waals surface area contributed by atoms with Crippen molar-refractivity contribution < 1.29 is 9.21 Å². The maximum atomic E-state index is 12.1. The quantitative estimate of drug-likeness (QED) is 0.929. The zero-order valence-electron chi connectivity index (χ0n) is 11.5. The molecule has 0 radical (unpaired) electrons. The summed E-state index contributed by atoms with van der Waals surface area (Å²) in [5, 5.41) is 11.1. The van der Waals surface area contributed by atoms with Crippen LogP contribution in [0, 0.1) is 0 Å². The molecule has 1 saturated carbocycles. The number of aromatic nitrogens is 2. The average Bonchev–Trinajstić information content (AvgIpc) is 2.97. The molecule has 1 N–H and O–H groups in total. The normalized spacial score (nSPS) is 15.9. The Morgan fingerprint density at radius 2 is 2.05 bits per heavy atom. The number of nitrogens with one attached hydrogen (secondary N) is 1. The fourth-order valence-corrected chi connectivity index (χ4v) is 2.79. The van der Waals surface area contributed by atoms with Crippen molar-refractivity contribution in [2.75, 3.05) is 5.32 Å². The lowest BCUT2D eigenvalue weighted by atomic mass is 9.89. The topological polar surface area (TPSA) is 68.0 Å². The zero-order valence-corrected chi connectivity index (χ0v) is 12.3. The second-order valence-electron chi connectivity index (χ2n) is 5.24. The minimum Gasteiger partial charge on any atom is -0.408 e. The molecular weight excluding hydrogens is 290 g/mol. The number of anilines is 1. The molecule has 0 saturated heterocycles. The summed E-state index contributed by atoms with van der Waals surface area (Å²) in [7, 11) is 0. The Bertz CT molecular complexity index is 635. The summed E-state index contributed by atoms with van der Waals surface area (Å²) >= 11 is 5.87. The Kier molecular flexibility index (Phi) is 4.20. The summed E-state index contributed by atoms with van der Waals surface area (Å²) < 4.78 is 5.56. The van der Waals surface area contributed by atoms with Crippen LogP contribution in [0.3, 0.4) is 0 Å². The molecule has 3 rings (SSSR count). The van der Waals surface area contributed by atoms with Crippen LogP contribution in [-0.4, -0.2) is 16.1 Å². The van der Waals surface area contributed by atoms with Crippen molar-refractivity contribution in [2.24, 2.45) is 0 Å². The Morgan fingerprint density at radius 1 is 1.24 bits per heavy atom. The summed E-state index contributed by atoms with van der Waals surface area (Å²) in [6, 6.07) is 6.85. The van der Waals surface area contributed by atoms with Gasteiger partial charge in [0.2, 0.25) is 5.89 Å². The van der Waals surface area contributed by atoms with Gasteiger partial charge in [0.25, 0.3) is 5.91 Å². The number of hydrogen-bond acceptors (Lipinski definition) is 4. The minimum absolute atomic E-state index is 0.139. The highest BCUT2D eigenvalue weighted by molar-refractivity contribution is 6.31. The molecule has 1 amide bonds. The highest BCUT2D eigenvalue weighted by Gasteiger charge is 2.22. The third-order valence-electron chi connectivity index (χ3n) is 3.70. The van der Waals surface area contributed by atoms with Crippen LogP contribution < -0.4 is 5.32 Å². The van der Waals surface area contributed by atoms with Crippen LogP contribution in [0.2, 0.25) is 5.02 Å². The predicted octanol–water partition coefficient (Wildman–Crippen LogP) is 4.02. The molecule has 1 aromatic carbocycles. The first kappa shape index (κ1) is 14.1. The van der Waals surface area contributed by atoms with Gasteiger partial charge in [0.1, 0.15) is 0 Å². The summed E-state index contributed by atoms with van der Waals surface area (Å²) in [6.45, 7) is 0. The minimum atomic E-state index is -0.309. The largest absolute Gasteiger partial charge is 0.408 e. The SMILES string of the molecule is O=C(Nc1nnc(C2CCCCC2)o1)c1cccc(Cl)c1. The lowest BCUT2D eigenvalue weighted by Crippen LogP contribution is -2.12. The first-order chi connectivity index (χ1) is 10.2. The van der Waals surface area contributed by atoms with Gasteiger partial charge in [0.05, 0.1) is 0 Å². The number of nitrogens with zero attached hydrogens (tertiary/aromatic N) is 2. The standard InChI is InChI=1S/C15H16ClN3O2/c16-12-8-4-7-11(9-12)13(20)17-15-19-18-14(21-15)10-5-2-1-3-6-10/h4,7-10H,1-3,5-6H2,(H,17,19,20). The molecular formula is C15H16ClN3O2. The zero-order chi connectivity index (χ0) is 14.7. The van der Waals surface area contributed by atoms with Crippen molar-refractivity contribution in [3.05, 3.63) is 40.7 Å². The van der Waals surface area contributed by atoms with Crippen LogP contribution in [0.1, 0.15) is 54.3 Å². The van der Waals surface area contributed by atoms with E-state index in [2.05, 4.69) is 15.5 Å². The molecule has 1 fully saturated rings. The fourth-order valence-electron chi connectivity index (χ4n) is 2.60. The van der Waals surface area contributed by atoms with Gasteiger partial charge < -0.3 is 4.42 Å². The van der Waals surface area contributed by atoms with Gasteiger partial charge in [-0.2, -0.15) is 0 Å². The highest BCUT2D eigenvalue weighted by atomic mass is 35.5. The molecule has 0 aliphatic heterocycles.